The Hall–Kier alpha value is -7.11. The number of hydrogen-bond donors (Lipinski definition) is 0. The fourth-order valence-electron chi connectivity index (χ4n) is 7.44. The summed E-state index contributed by atoms with van der Waals surface area (Å²) in [5.74, 6) is 1.91. The molecule has 3 aromatic heterocycles. The first-order chi connectivity index (χ1) is 25.8. The number of benzene rings is 7. The van der Waals surface area contributed by atoms with E-state index >= 15 is 0 Å². The van der Waals surface area contributed by atoms with Gasteiger partial charge in [-0.2, -0.15) is 0 Å². The SMILES string of the molecule is c1ccc(-c2nc(-c3ccccc3)nc(-c3cccc(-n4ccc5c(-c6ccccc6)c6c7ccccc7n(-c7ccccc7)c6cc54)c3)n2)cc1. The van der Waals surface area contributed by atoms with E-state index in [2.05, 4.69) is 137 Å². The van der Waals surface area contributed by atoms with E-state index < -0.39 is 0 Å². The second-order valence-corrected chi connectivity index (χ2v) is 12.9. The summed E-state index contributed by atoms with van der Waals surface area (Å²) in [6.45, 7) is 0. The second-order valence-electron chi connectivity index (χ2n) is 12.9. The smallest absolute Gasteiger partial charge is 0.164 e. The number of para-hydroxylation sites is 2. The number of fused-ring (bicyclic) bond motifs is 4. The first-order valence-electron chi connectivity index (χ1n) is 17.5. The molecule has 244 valence electrons. The van der Waals surface area contributed by atoms with Gasteiger partial charge < -0.3 is 9.13 Å². The van der Waals surface area contributed by atoms with E-state index in [1.165, 1.54) is 32.8 Å². The van der Waals surface area contributed by atoms with E-state index in [0.29, 0.717) is 17.5 Å². The summed E-state index contributed by atoms with van der Waals surface area (Å²) in [5.41, 5.74) is 10.8. The molecule has 0 aliphatic heterocycles. The van der Waals surface area contributed by atoms with Crippen molar-refractivity contribution in [1.82, 2.24) is 24.1 Å². The average molecular weight is 666 g/mol. The maximum Gasteiger partial charge on any atom is 0.164 e. The molecule has 0 fully saturated rings. The molecule has 0 saturated heterocycles. The van der Waals surface area contributed by atoms with Gasteiger partial charge in [-0.25, -0.2) is 15.0 Å². The van der Waals surface area contributed by atoms with E-state index in [1.807, 2.05) is 60.7 Å². The lowest BCUT2D eigenvalue weighted by atomic mass is 9.96. The lowest BCUT2D eigenvalue weighted by molar-refractivity contribution is 1.07. The normalized spacial score (nSPS) is 11.5. The Labute approximate surface area is 300 Å². The molecule has 0 bridgehead atoms. The van der Waals surface area contributed by atoms with Crippen molar-refractivity contribution in [3.8, 4) is 56.7 Å². The fraction of sp³-hybridized carbons (Fsp3) is 0. The molecule has 3 heterocycles. The monoisotopic (exact) mass is 665 g/mol. The zero-order valence-corrected chi connectivity index (χ0v) is 28.1. The quantitative estimate of drug-likeness (QED) is 0.178. The summed E-state index contributed by atoms with van der Waals surface area (Å²) in [6.07, 6.45) is 2.18. The Kier molecular flexibility index (Phi) is 7.07. The van der Waals surface area contributed by atoms with Gasteiger partial charge in [-0.15, -0.1) is 0 Å². The van der Waals surface area contributed by atoms with Crippen molar-refractivity contribution in [2.24, 2.45) is 0 Å². The highest BCUT2D eigenvalue weighted by Gasteiger charge is 2.21. The van der Waals surface area contributed by atoms with E-state index in [-0.39, 0.29) is 0 Å². The minimum atomic E-state index is 0.627. The molecule has 0 amide bonds. The third-order valence-electron chi connectivity index (χ3n) is 9.79. The first kappa shape index (κ1) is 29.8. The fourth-order valence-corrected chi connectivity index (χ4v) is 7.44. The van der Waals surface area contributed by atoms with Gasteiger partial charge in [-0.1, -0.05) is 140 Å². The summed E-state index contributed by atoms with van der Waals surface area (Å²) < 4.78 is 4.68. The van der Waals surface area contributed by atoms with Crippen LogP contribution in [0.15, 0.2) is 188 Å². The molecule has 0 atom stereocenters. The van der Waals surface area contributed by atoms with Crippen LogP contribution in [0.2, 0.25) is 0 Å². The molecule has 0 aliphatic carbocycles. The third kappa shape index (κ3) is 4.98. The maximum absolute atomic E-state index is 5.01. The van der Waals surface area contributed by atoms with Crippen LogP contribution >= 0.6 is 0 Å². The highest BCUT2D eigenvalue weighted by Crippen LogP contribution is 2.44. The van der Waals surface area contributed by atoms with Crippen LogP contribution in [0.4, 0.5) is 0 Å². The number of hydrogen-bond acceptors (Lipinski definition) is 3. The zero-order valence-electron chi connectivity index (χ0n) is 28.1. The molecular formula is C47H31N5. The molecule has 0 spiro atoms. The maximum atomic E-state index is 5.01. The van der Waals surface area contributed by atoms with Crippen molar-refractivity contribution >= 4 is 32.7 Å². The van der Waals surface area contributed by atoms with Crippen molar-refractivity contribution in [2.45, 2.75) is 0 Å². The lowest BCUT2D eigenvalue weighted by Gasteiger charge is -2.13. The number of rotatable bonds is 6. The molecule has 5 heteroatoms. The Morgan fingerprint density at radius 1 is 0.346 bits per heavy atom. The van der Waals surface area contributed by atoms with Gasteiger partial charge in [0.05, 0.1) is 16.6 Å². The van der Waals surface area contributed by atoms with Gasteiger partial charge >= 0.3 is 0 Å². The molecule has 0 N–H and O–H groups in total. The minimum absolute atomic E-state index is 0.627. The molecule has 0 saturated carbocycles. The zero-order chi connectivity index (χ0) is 34.4. The van der Waals surface area contributed by atoms with E-state index in [9.17, 15) is 0 Å². The van der Waals surface area contributed by atoms with Gasteiger partial charge in [0.25, 0.3) is 0 Å². The Balaban J connectivity index is 1.21. The van der Waals surface area contributed by atoms with Crippen LogP contribution in [-0.2, 0) is 0 Å². The predicted molar refractivity (Wildman–Crippen MR) is 213 cm³/mol. The van der Waals surface area contributed by atoms with Gasteiger partial charge in [0, 0.05) is 56.0 Å². The molecule has 10 rings (SSSR count). The van der Waals surface area contributed by atoms with Crippen molar-refractivity contribution in [2.75, 3.05) is 0 Å². The van der Waals surface area contributed by atoms with E-state index in [0.717, 1.165) is 39.1 Å². The van der Waals surface area contributed by atoms with Crippen LogP contribution in [0.1, 0.15) is 0 Å². The van der Waals surface area contributed by atoms with Gasteiger partial charge in [-0.05, 0) is 48.0 Å². The van der Waals surface area contributed by atoms with Crippen molar-refractivity contribution < 1.29 is 0 Å². The largest absolute Gasteiger partial charge is 0.316 e. The first-order valence-corrected chi connectivity index (χ1v) is 17.5. The third-order valence-corrected chi connectivity index (χ3v) is 9.79. The highest BCUT2D eigenvalue weighted by atomic mass is 15.0. The molecular weight excluding hydrogens is 635 g/mol. The number of nitrogens with zero attached hydrogens (tertiary/aromatic N) is 5. The van der Waals surface area contributed by atoms with Gasteiger partial charge in [-0.3, -0.25) is 0 Å². The molecule has 52 heavy (non-hydrogen) atoms. The second kappa shape index (κ2) is 12.3. The average Bonchev–Trinajstić information content (AvgIpc) is 3.80. The molecule has 10 aromatic rings. The molecule has 0 radical (unpaired) electrons. The van der Waals surface area contributed by atoms with E-state index in [4.69, 9.17) is 15.0 Å². The summed E-state index contributed by atoms with van der Waals surface area (Å²) in [4.78, 5) is 14.9. The van der Waals surface area contributed by atoms with Crippen LogP contribution in [0.5, 0.6) is 0 Å². The van der Waals surface area contributed by atoms with Crippen molar-refractivity contribution in [3.05, 3.63) is 188 Å². The Bertz CT molecular complexity index is 2820. The Morgan fingerprint density at radius 3 is 1.52 bits per heavy atom. The summed E-state index contributed by atoms with van der Waals surface area (Å²) in [5, 5.41) is 3.67. The minimum Gasteiger partial charge on any atom is -0.316 e. The van der Waals surface area contributed by atoms with Crippen LogP contribution < -0.4 is 0 Å². The lowest BCUT2D eigenvalue weighted by Crippen LogP contribution is -2.01. The van der Waals surface area contributed by atoms with Crippen molar-refractivity contribution in [1.29, 1.82) is 0 Å². The predicted octanol–water partition coefficient (Wildman–Crippen LogP) is 11.6. The molecule has 5 nitrogen and oxygen atoms in total. The van der Waals surface area contributed by atoms with Gasteiger partial charge in [0.2, 0.25) is 0 Å². The molecule has 0 unspecified atom stereocenters. The summed E-state index contributed by atoms with van der Waals surface area (Å²) in [7, 11) is 0. The summed E-state index contributed by atoms with van der Waals surface area (Å²) in [6, 6.07) is 63.5. The molecule has 7 aromatic carbocycles. The van der Waals surface area contributed by atoms with E-state index in [1.54, 1.807) is 0 Å². The summed E-state index contributed by atoms with van der Waals surface area (Å²) >= 11 is 0. The van der Waals surface area contributed by atoms with Crippen LogP contribution in [0.3, 0.4) is 0 Å². The van der Waals surface area contributed by atoms with Crippen LogP contribution in [0, 0.1) is 0 Å². The number of aromatic nitrogens is 5. The van der Waals surface area contributed by atoms with Crippen molar-refractivity contribution in [3.63, 3.8) is 0 Å². The Morgan fingerprint density at radius 2 is 0.865 bits per heavy atom. The van der Waals surface area contributed by atoms with Crippen LogP contribution in [0.25, 0.3) is 89.4 Å². The topological polar surface area (TPSA) is 48.5 Å². The highest BCUT2D eigenvalue weighted by molar-refractivity contribution is 6.22. The van der Waals surface area contributed by atoms with Gasteiger partial charge in [0.15, 0.2) is 17.5 Å². The standard InChI is InChI=1S/C47H31N5/c1-5-16-32(17-6-1)43-39-28-29-51(41(39)31-42-44(43)38-26-13-14-27-40(38)52(42)36-23-11-4-12-24-36)37-25-15-22-35(30-37)47-49-45(33-18-7-2-8-19-33)48-46(50-47)34-20-9-3-10-21-34/h1-31H. The van der Waals surface area contributed by atoms with Crippen LogP contribution in [-0.4, -0.2) is 24.1 Å². The van der Waals surface area contributed by atoms with Gasteiger partial charge in [0.1, 0.15) is 0 Å². The molecule has 0 aliphatic rings.